The Bertz CT molecular complexity index is 761. The van der Waals surface area contributed by atoms with Crippen LogP contribution in [0.2, 0.25) is 5.02 Å². The first-order valence-electron chi connectivity index (χ1n) is 7.13. The third kappa shape index (κ3) is 2.76. The molecule has 1 N–H and O–H groups in total. The normalized spacial score (nSPS) is 20.2. The van der Waals surface area contributed by atoms with E-state index in [4.69, 9.17) is 11.6 Å². The fourth-order valence-corrected chi connectivity index (χ4v) is 5.02. The summed E-state index contributed by atoms with van der Waals surface area (Å²) in [6.07, 6.45) is 3.90. The van der Waals surface area contributed by atoms with E-state index in [1.165, 1.54) is 10.6 Å². The van der Waals surface area contributed by atoms with Crippen molar-refractivity contribution >= 4 is 21.6 Å². The molecule has 8 heteroatoms. The lowest BCUT2D eigenvalue weighted by atomic mass is 10.0. The van der Waals surface area contributed by atoms with Crippen molar-refractivity contribution in [3.63, 3.8) is 0 Å². The van der Waals surface area contributed by atoms with Gasteiger partial charge in [0, 0.05) is 6.54 Å². The second kappa shape index (κ2) is 5.98. The van der Waals surface area contributed by atoms with Crippen LogP contribution >= 0.6 is 11.6 Å². The fraction of sp³-hybridized carbons (Fsp3) is 0.429. The van der Waals surface area contributed by atoms with Crippen molar-refractivity contribution in [2.45, 2.75) is 37.1 Å². The van der Waals surface area contributed by atoms with E-state index in [9.17, 15) is 8.42 Å². The van der Waals surface area contributed by atoms with Gasteiger partial charge in [-0.15, -0.1) is 0 Å². The van der Waals surface area contributed by atoms with Crippen LogP contribution in [-0.2, 0) is 10.0 Å². The monoisotopic (exact) mass is 340 g/mol. The second-order valence-corrected chi connectivity index (χ2v) is 7.70. The number of piperidine rings is 1. The zero-order chi connectivity index (χ0) is 15.7. The maximum absolute atomic E-state index is 13.0. The number of aromatic nitrogens is 3. The number of halogens is 1. The van der Waals surface area contributed by atoms with E-state index in [2.05, 4.69) is 15.2 Å². The summed E-state index contributed by atoms with van der Waals surface area (Å²) < 4.78 is 27.5. The Morgan fingerprint density at radius 1 is 1.36 bits per heavy atom. The molecule has 1 aliphatic rings. The number of H-pyrrole nitrogens is 1. The molecular formula is C14H17ClN4O2S. The van der Waals surface area contributed by atoms with Crippen LogP contribution in [0.1, 0.15) is 36.7 Å². The zero-order valence-electron chi connectivity index (χ0n) is 12.2. The molecule has 0 radical (unpaired) electrons. The third-order valence-corrected chi connectivity index (χ3v) is 6.27. The number of hydrogen-bond acceptors (Lipinski definition) is 4. The quantitative estimate of drug-likeness (QED) is 0.931. The number of rotatable bonds is 3. The number of benzene rings is 1. The van der Waals surface area contributed by atoms with Crippen LogP contribution in [0.3, 0.4) is 0 Å². The highest BCUT2D eigenvalue weighted by Crippen LogP contribution is 2.35. The molecular weight excluding hydrogens is 324 g/mol. The number of sulfonamides is 1. The van der Waals surface area contributed by atoms with Crippen LogP contribution < -0.4 is 0 Å². The van der Waals surface area contributed by atoms with E-state index in [1.54, 1.807) is 18.2 Å². The average Bonchev–Trinajstić information content (AvgIpc) is 3.01. The van der Waals surface area contributed by atoms with Gasteiger partial charge in [-0.3, -0.25) is 5.10 Å². The van der Waals surface area contributed by atoms with Gasteiger partial charge < -0.3 is 0 Å². The van der Waals surface area contributed by atoms with E-state index >= 15 is 0 Å². The highest BCUT2D eigenvalue weighted by atomic mass is 35.5. The highest BCUT2D eigenvalue weighted by Gasteiger charge is 2.36. The van der Waals surface area contributed by atoms with Crippen molar-refractivity contribution in [3.8, 4) is 0 Å². The molecule has 3 rings (SSSR count). The molecule has 0 spiro atoms. The fourth-order valence-electron chi connectivity index (χ4n) is 2.78. The molecule has 2 aromatic rings. The number of hydrogen-bond donors (Lipinski definition) is 1. The molecule has 1 fully saturated rings. The smallest absolute Gasteiger partial charge is 0.245 e. The lowest BCUT2D eigenvalue weighted by molar-refractivity contribution is 0.247. The van der Waals surface area contributed by atoms with Gasteiger partial charge in [0.25, 0.3) is 0 Å². The highest BCUT2D eigenvalue weighted by molar-refractivity contribution is 7.89. The second-order valence-electron chi connectivity index (χ2n) is 5.43. The Balaban J connectivity index is 2.02. The van der Waals surface area contributed by atoms with Crippen LogP contribution in [0, 0.1) is 6.92 Å². The molecule has 118 valence electrons. The van der Waals surface area contributed by atoms with Crippen LogP contribution in [0.25, 0.3) is 0 Å². The van der Waals surface area contributed by atoms with Gasteiger partial charge in [0.15, 0.2) is 0 Å². The largest absolute Gasteiger partial charge is 0.262 e. The summed E-state index contributed by atoms with van der Waals surface area (Å²) in [6.45, 7) is 2.33. The Labute approximate surface area is 134 Å². The molecule has 0 unspecified atom stereocenters. The van der Waals surface area contributed by atoms with E-state index in [-0.39, 0.29) is 16.0 Å². The van der Waals surface area contributed by atoms with Gasteiger partial charge in [-0.25, -0.2) is 13.4 Å². The van der Waals surface area contributed by atoms with Crippen molar-refractivity contribution in [2.75, 3.05) is 6.54 Å². The zero-order valence-corrected chi connectivity index (χ0v) is 13.7. The van der Waals surface area contributed by atoms with Gasteiger partial charge in [0.1, 0.15) is 17.0 Å². The molecule has 1 aromatic heterocycles. The van der Waals surface area contributed by atoms with Crippen LogP contribution in [0.5, 0.6) is 0 Å². The molecule has 22 heavy (non-hydrogen) atoms. The van der Waals surface area contributed by atoms with Gasteiger partial charge in [-0.1, -0.05) is 24.1 Å². The Morgan fingerprint density at radius 3 is 2.86 bits per heavy atom. The molecule has 1 saturated heterocycles. The molecule has 1 aromatic carbocycles. The topological polar surface area (TPSA) is 79.0 Å². The lowest BCUT2D eigenvalue weighted by Crippen LogP contribution is -2.39. The van der Waals surface area contributed by atoms with Crippen molar-refractivity contribution in [3.05, 3.63) is 40.9 Å². The van der Waals surface area contributed by atoms with Gasteiger partial charge in [-0.2, -0.15) is 9.40 Å². The predicted octanol–water partition coefficient (Wildman–Crippen LogP) is 2.68. The molecule has 2 heterocycles. The standard InChI is InChI=1S/C14H17ClN4O2S/c1-10-5-6-13(11(15)8-10)22(20,21)19-7-3-2-4-12(19)14-16-9-17-18-14/h5-6,8-9,12H,2-4,7H2,1H3,(H,16,17,18)/t12-/m0/s1. The van der Waals surface area contributed by atoms with Crippen LogP contribution in [-0.4, -0.2) is 34.4 Å². The van der Waals surface area contributed by atoms with Crippen molar-refractivity contribution < 1.29 is 8.42 Å². The van der Waals surface area contributed by atoms with Crippen LogP contribution in [0.4, 0.5) is 0 Å². The van der Waals surface area contributed by atoms with E-state index in [0.29, 0.717) is 12.4 Å². The Kier molecular flexibility index (Phi) is 4.20. The van der Waals surface area contributed by atoms with Gasteiger partial charge in [-0.05, 0) is 37.5 Å². The predicted molar refractivity (Wildman–Crippen MR) is 83.1 cm³/mol. The number of nitrogens with zero attached hydrogens (tertiary/aromatic N) is 3. The molecule has 0 bridgehead atoms. The summed E-state index contributed by atoms with van der Waals surface area (Å²) in [6, 6.07) is 4.67. The number of nitrogens with one attached hydrogen (secondary N) is 1. The molecule has 0 amide bonds. The number of aromatic amines is 1. The molecule has 1 aliphatic heterocycles. The van der Waals surface area contributed by atoms with Gasteiger partial charge in [0.2, 0.25) is 10.0 Å². The maximum Gasteiger partial charge on any atom is 0.245 e. The molecule has 0 aliphatic carbocycles. The molecule has 1 atom stereocenters. The Morgan fingerprint density at radius 2 is 2.18 bits per heavy atom. The van der Waals surface area contributed by atoms with Gasteiger partial charge in [0.05, 0.1) is 11.1 Å². The summed E-state index contributed by atoms with van der Waals surface area (Å²) >= 11 is 6.16. The first-order chi connectivity index (χ1) is 10.5. The van der Waals surface area contributed by atoms with Gasteiger partial charge >= 0.3 is 0 Å². The lowest BCUT2D eigenvalue weighted by Gasteiger charge is -2.33. The van der Waals surface area contributed by atoms with E-state index in [0.717, 1.165) is 24.8 Å². The summed E-state index contributed by atoms with van der Waals surface area (Å²) in [5.41, 5.74) is 0.925. The minimum Gasteiger partial charge on any atom is -0.262 e. The average molecular weight is 341 g/mol. The first-order valence-corrected chi connectivity index (χ1v) is 8.95. The SMILES string of the molecule is Cc1ccc(S(=O)(=O)N2CCCC[C@H]2c2ncn[nH]2)c(Cl)c1. The minimum atomic E-state index is -3.67. The minimum absolute atomic E-state index is 0.145. The first kappa shape index (κ1) is 15.5. The molecule has 6 nitrogen and oxygen atoms in total. The van der Waals surface area contributed by atoms with Crippen molar-refractivity contribution in [2.24, 2.45) is 0 Å². The van der Waals surface area contributed by atoms with E-state index < -0.39 is 10.0 Å². The van der Waals surface area contributed by atoms with Crippen molar-refractivity contribution in [1.82, 2.24) is 19.5 Å². The summed E-state index contributed by atoms with van der Waals surface area (Å²) in [5.74, 6) is 0.575. The van der Waals surface area contributed by atoms with Crippen molar-refractivity contribution in [1.29, 1.82) is 0 Å². The summed E-state index contributed by atoms with van der Waals surface area (Å²) in [4.78, 5) is 4.27. The van der Waals surface area contributed by atoms with E-state index in [1.807, 2.05) is 6.92 Å². The van der Waals surface area contributed by atoms with Crippen LogP contribution in [0.15, 0.2) is 29.4 Å². The Hall–Kier alpha value is -1.44. The summed E-state index contributed by atoms with van der Waals surface area (Å²) in [5, 5.41) is 6.87. The maximum atomic E-state index is 13.0. The summed E-state index contributed by atoms with van der Waals surface area (Å²) in [7, 11) is -3.67. The molecule has 0 saturated carbocycles. The third-order valence-electron chi connectivity index (χ3n) is 3.88. The number of aryl methyl sites for hydroxylation is 1.